The summed E-state index contributed by atoms with van der Waals surface area (Å²) < 4.78 is 5.33. The number of ether oxygens (including phenoxy) is 1. The number of carbonyl (C=O) groups is 2. The summed E-state index contributed by atoms with van der Waals surface area (Å²) in [7, 11) is 0. The predicted molar refractivity (Wildman–Crippen MR) is 62.0 cm³/mol. The summed E-state index contributed by atoms with van der Waals surface area (Å²) in [5, 5.41) is 0. The molecule has 1 atom stereocenters. The van der Waals surface area contributed by atoms with Gasteiger partial charge in [-0.1, -0.05) is 20.8 Å². The summed E-state index contributed by atoms with van der Waals surface area (Å²) in [6.07, 6.45) is 1.58. The van der Waals surface area contributed by atoms with Gasteiger partial charge in [-0.15, -0.1) is 0 Å². The molecule has 0 aliphatic heterocycles. The first-order chi connectivity index (χ1) is 7.16. The van der Waals surface area contributed by atoms with Crippen LogP contribution in [0.15, 0.2) is 0 Å². The Morgan fingerprint density at radius 1 is 1.25 bits per heavy atom. The van der Waals surface area contributed by atoms with Crippen LogP contribution in [0.4, 0.5) is 0 Å². The second-order valence-electron chi connectivity index (χ2n) is 6.13. The highest BCUT2D eigenvalue weighted by Crippen LogP contribution is 2.39. The van der Waals surface area contributed by atoms with Gasteiger partial charge in [0, 0.05) is 6.42 Å². The van der Waals surface area contributed by atoms with Gasteiger partial charge in [0.15, 0.2) is 11.9 Å². The minimum atomic E-state index is -0.574. The van der Waals surface area contributed by atoms with E-state index in [4.69, 9.17) is 4.74 Å². The van der Waals surface area contributed by atoms with Crippen molar-refractivity contribution < 1.29 is 14.3 Å². The molecule has 16 heavy (non-hydrogen) atoms. The van der Waals surface area contributed by atoms with E-state index in [9.17, 15) is 9.59 Å². The molecule has 0 N–H and O–H groups in total. The molecule has 0 bridgehead atoms. The normalized spacial score (nSPS) is 22.3. The molecule has 3 heteroatoms. The van der Waals surface area contributed by atoms with Gasteiger partial charge in [-0.25, -0.2) is 0 Å². The summed E-state index contributed by atoms with van der Waals surface area (Å²) in [5.41, 5.74) is -0.748. The number of ketones is 1. The van der Waals surface area contributed by atoms with E-state index in [2.05, 4.69) is 0 Å². The van der Waals surface area contributed by atoms with Gasteiger partial charge in [-0.2, -0.15) is 0 Å². The standard InChI is InChI=1S/C13H22O3/c1-12(2,3)13(4,5)11(15)16-10-8-6-7-9(10)14/h10H,6-8H2,1-5H3. The van der Waals surface area contributed by atoms with Gasteiger partial charge in [0.2, 0.25) is 0 Å². The molecule has 92 valence electrons. The first kappa shape index (κ1) is 13.2. The Morgan fingerprint density at radius 2 is 1.81 bits per heavy atom. The Bertz CT molecular complexity index is 297. The molecule has 0 aromatic heterocycles. The van der Waals surface area contributed by atoms with E-state index >= 15 is 0 Å². The number of esters is 1. The lowest BCUT2D eigenvalue weighted by molar-refractivity contribution is -0.168. The van der Waals surface area contributed by atoms with Gasteiger partial charge in [0.1, 0.15) is 0 Å². The fourth-order valence-electron chi connectivity index (χ4n) is 1.49. The lowest BCUT2D eigenvalue weighted by Gasteiger charge is -2.36. The number of hydrogen-bond donors (Lipinski definition) is 0. The Morgan fingerprint density at radius 3 is 2.19 bits per heavy atom. The van der Waals surface area contributed by atoms with Crippen LogP contribution in [0.1, 0.15) is 53.9 Å². The maximum Gasteiger partial charge on any atom is 0.312 e. The molecule has 0 heterocycles. The third kappa shape index (κ3) is 2.45. The molecule has 0 amide bonds. The van der Waals surface area contributed by atoms with Crippen molar-refractivity contribution >= 4 is 11.8 Å². The van der Waals surface area contributed by atoms with Crippen LogP contribution in [-0.2, 0) is 14.3 Å². The van der Waals surface area contributed by atoms with Crippen molar-refractivity contribution in [3.05, 3.63) is 0 Å². The average Bonchev–Trinajstić information content (AvgIpc) is 2.49. The molecule has 0 radical (unpaired) electrons. The lowest BCUT2D eigenvalue weighted by Crippen LogP contribution is -2.41. The number of carbonyl (C=O) groups excluding carboxylic acids is 2. The van der Waals surface area contributed by atoms with E-state index < -0.39 is 11.5 Å². The average molecular weight is 226 g/mol. The fourth-order valence-corrected chi connectivity index (χ4v) is 1.49. The molecule has 1 aliphatic rings. The second-order valence-corrected chi connectivity index (χ2v) is 6.13. The van der Waals surface area contributed by atoms with Gasteiger partial charge in [0.05, 0.1) is 5.41 Å². The maximum absolute atomic E-state index is 12.0. The van der Waals surface area contributed by atoms with Crippen molar-refractivity contribution in [2.45, 2.75) is 60.0 Å². The maximum atomic E-state index is 12.0. The molecular weight excluding hydrogens is 204 g/mol. The first-order valence-electron chi connectivity index (χ1n) is 5.90. The Balaban J connectivity index is 2.68. The van der Waals surface area contributed by atoms with Crippen LogP contribution in [0, 0.1) is 10.8 Å². The third-order valence-corrected chi connectivity index (χ3v) is 3.88. The van der Waals surface area contributed by atoms with Gasteiger partial charge in [-0.3, -0.25) is 9.59 Å². The summed E-state index contributed by atoms with van der Waals surface area (Å²) in [6, 6.07) is 0. The predicted octanol–water partition coefficient (Wildman–Crippen LogP) is 2.72. The molecule has 1 aliphatic carbocycles. The molecule has 1 fully saturated rings. The van der Waals surface area contributed by atoms with Gasteiger partial charge < -0.3 is 4.74 Å². The van der Waals surface area contributed by atoms with Gasteiger partial charge in [-0.05, 0) is 32.1 Å². The molecule has 1 saturated carbocycles. The molecule has 0 spiro atoms. The zero-order chi connectivity index (χ0) is 12.6. The largest absolute Gasteiger partial charge is 0.454 e. The SMILES string of the molecule is CC(C)(C)C(C)(C)C(=O)OC1CCCC1=O. The minimum absolute atomic E-state index is 0.0676. The van der Waals surface area contributed by atoms with E-state index in [1.807, 2.05) is 34.6 Å². The van der Waals surface area contributed by atoms with Crippen LogP contribution >= 0.6 is 0 Å². The van der Waals surface area contributed by atoms with Crippen molar-refractivity contribution in [1.82, 2.24) is 0 Å². The molecule has 3 nitrogen and oxygen atoms in total. The molecule has 0 saturated heterocycles. The van der Waals surface area contributed by atoms with Crippen LogP contribution in [0.25, 0.3) is 0 Å². The minimum Gasteiger partial charge on any atom is -0.454 e. The summed E-state index contributed by atoms with van der Waals surface area (Å²) in [6.45, 7) is 9.75. The number of Topliss-reactive ketones (excluding diaryl/α,β-unsaturated/α-hetero) is 1. The van der Waals surface area contributed by atoms with Crippen LogP contribution in [0.5, 0.6) is 0 Å². The van der Waals surface area contributed by atoms with E-state index in [-0.39, 0.29) is 17.2 Å². The summed E-state index contributed by atoms with van der Waals surface area (Å²) in [4.78, 5) is 23.4. The topological polar surface area (TPSA) is 43.4 Å². The zero-order valence-corrected chi connectivity index (χ0v) is 10.9. The highest BCUT2D eigenvalue weighted by Gasteiger charge is 2.43. The lowest BCUT2D eigenvalue weighted by atomic mass is 9.69. The fraction of sp³-hybridized carbons (Fsp3) is 0.846. The van der Waals surface area contributed by atoms with E-state index in [0.717, 1.165) is 6.42 Å². The van der Waals surface area contributed by atoms with E-state index in [0.29, 0.717) is 12.8 Å². The van der Waals surface area contributed by atoms with Crippen molar-refractivity contribution in [3.8, 4) is 0 Å². The van der Waals surface area contributed by atoms with Crippen LogP contribution in [-0.4, -0.2) is 17.9 Å². The Hall–Kier alpha value is -0.860. The van der Waals surface area contributed by atoms with Crippen molar-refractivity contribution in [2.75, 3.05) is 0 Å². The third-order valence-electron chi connectivity index (χ3n) is 3.88. The van der Waals surface area contributed by atoms with Crippen molar-refractivity contribution in [2.24, 2.45) is 10.8 Å². The molecule has 0 aromatic carbocycles. The monoisotopic (exact) mass is 226 g/mol. The molecular formula is C13H22O3. The zero-order valence-electron chi connectivity index (χ0n) is 10.9. The first-order valence-corrected chi connectivity index (χ1v) is 5.90. The van der Waals surface area contributed by atoms with Gasteiger partial charge in [0.25, 0.3) is 0 Å². The molecule has 1 unspecified atom stereocenters. The van der Waals surface area contributed by atoms with Crippen LogP contribution < -0.4 is 0 Å². The molecule has 0 aromatic rings. The summed E-state index contributed by atoms with van der Waals surface area (Å²) in [5.74, 6) is -0.196. The number of hydrogen-bond acceptors (Lipinski definition) is 3. The van der Waals surface area contributed by atoms with Crippen molar-refractivity contribution in [3.63, 3.8) is 0 Å². The molecule has 1 rings (SSSR count). The Kier molecular flexibility index (Phi) is 3.46. The smallest absolute Gasteiger partial charge is 0.312 e. The second kappa shape index (κ2) is 4.19. The number of rotatable bonds is 2. The Labute approximate surface area is 97.5 Å². The van der Waals surface area contributed by atoms with Gasteiger partial charge >= 0.3 is 5.97 Å². The van der Waals surface area contributed by atoms with E-state index in [1.165, 1.54) is 0 Å². The van der Waals surface area contributed by atoms with Crippen molar-refractivity contribution in [1.29, 1.82) is 0 Å². The van der Waals surface area contributed by atoms with E-state index in [1.54, 1.807) is 0 Å². The summed E-state index contributed by atoms with van der Waals surface area (Å²) >= 11 is 0. The van der Waals surface area contributed by atoms with Crippen LogP contribution in [0.2, 0.25) is 0 Å². The van der Waals surface area contributed by atoms with Crippen LogP contribution in [0.3, 0.4) is 0 Å². The highest BCUT2D eigenvalue weighted by molar-refractivity contribution is 5.88. The highest BCUT2D eigenvalue weighted by atomic mass is 16.5. The quantitative estimate of drug-likeness (QED) is 0.680.